The third kappa shape index (κ3) is 2.28. The molecule has 96 valence electrons. The Morgan fingerprint density at radius 2 is 1.84 bits per heavy atom. The van der Waals surface area contributed by atoms with E-state index >= 15 is 0 Å². The molecule has 1 heteroatoms. The van der Waals surface area contributed by atoms with Crippen LogP contribution < -0.4 is 0 Å². The van der Waals surface area contributed by atoms with Crippen molar-refractivity contribution in [1.82, 2.24) is 4.57 Å². The van der Waals surface area contributed by atoms with Crippen molar-refractivity contribution in [3.8, 4) is 0 Å². The van der Waals surface area contributed by atoms with Gasteiger partial charge in [0, 0.05) is 18.3 Å². The lowest BCUT2D eigenvalue weighted by atomic mass is 10.1. The Hall–Kier alpha value is -2.02. The van der Waals surface area contributed by atoms with Gasteiger partial charge < -0.3 is 4.57 Å². The maximum Gasteiger partial charge on any atom is 0.0483 e. The highest BCUT2D eigenvalue weighted by Crippen LogP contribution is 2.20. The Kier molecular flexibility index (Phi) is 3.12. The van der Waals surface area contributed by atoms with Crippen molar-refractivity contribution in [2.45, 2.75) is 26.8 Å². The molecule has 2 aromatic carbocycles. The van der Waals surface area contributed by atoms with Crippen molar-refractivity contribution in [2.75, 3.05) is 0 Å². The van der Waals surface area contributed by atoms with E-state index in [0.29, 0.717) is 0 Å². The molecule has 1 nitrogen and oxygen atoms in total. The van der Waals surface area contributed by atoms with Crippen molar-refractivity contribution >= 4 is 10.9 Å². The Bertz CT molecular complexity index is 707. The second kappa shape index (κ2) is 4.93. The largest absolute Gasteiger partial charge is 0.343 e. The molecular weight excluding hydrogens is 230 g/mol. The van der Waals surface area contributed by atoms with Gasteiger partial charge in [-0.3, -0.25) is 0 Å². The average molecular weight is 249 g/mol. The molecule has 0 bridgehead atoms. The van der Waals surface area contributed by atoms with Crippen LogP contribution in [0.5, 0.6) is 0 Å². The van der Waals surface area contributed by atoms with Crippen LogP contribution in [0.2, 0.25) is 0 Å². The van der Waals surface area contributed by atoms with Crippen LogP contribution in [0.3, 0.4) is 0 Å². The van der Waals surface area contributed by atoms with Crippen LogP contribution in [0.15, 0.2) is 54.7 Å². The van der Waals surface area contributed by atoms with E-state index in [1.807, 2.05) is 0 Å². The molecular formula is C18H19N. The number of hydrogen-bond acceptors (Lipinski definition) is 0. The molecule has 0 saturated carbocycles. The van der Waals surface area contributed by atoms with E-state index in [9.17, 15) is 0 Å². The van der Waals surface area contributed by atoms with E-state index in [4.69, 9.17) is 0 Å². The van der Waals surface area contributed by atoms with Gasteiger partial charge in [-0.2, -0.15) is 0 Å². The summed E-state index contributed by atoms with van der Waals surface area (Å²) in [7, 11) is 0. The maximum absolute atomic E-state index is 2.33. The fraction of sp³-hybridized carbons (Fsp3) is 0.222. The Balaban J connectivity index is 2.00. The van der Waals surface area contributed by atoms with Gasteiger partial charge in [0.2, 0.25) is 0 Å². The van der Waals surface area contributed by atoms with Gasteiger partial charge in [-0.25, -0.2) is 0 Å². The van der Waals surface area contributed by atoms with Gasteiger partial charge in [0.15, 0.2) is 0 Å². The summed E-state index contributed by atoms with van der Waals surface area (Å²) in [6.45, 7) is 5.32. The molecule has 0 aliphatic heterocycles. The topological polar surface area (TPSA) is 4.93 Å². The fourth-order valence-corrected chi connectivity index (χ4v) is 2.58. The van der Waals surface area contributed by atoms with E-state index in [-0.39, 0.29) is 0 Å². The highest BCUT2D eigenvalue weighted by Gasteiger charge is 2.04. The monoisotopic (exact) mass is 249 g/mol. The summed E-state index contributed by atoms with van der Waals surface area (Å²) in [5, 5.41) is 1.34. The lowest BCUT2D eigenvalue weighted by Gasteiger charge is -2.09. The molecule has 3 rings (SSSR count). The molecule has 0 amide bonds. The van der Waals surface area contributed by atoms with E-state index in [0.717, 1.165) is 13.0 Å². The van der Waals surface area contributed by atoms with E-state index < -0.39 is 0 Å². The van der Waals surface area contributed by atoms with Crippen LogP contribution >= 0.6 is 0 Å². The molecule has 3 aromatic rings. The standard InChI is InChI=1S/C18H19N/c1-3-15-8-9-18-16(12-15)10-11-19(18)13-17-7-5-4-6-14(17)2/h4-12H,3,13H2,1-2H3. The van der Waals surface area contributed by atoms with Gasteiger partial charge >= 0.3 is 0 Å². The van der Waals surface area contributed by atoms with Crippen LogP contribution in [0.1, 0.15) is 23.6 Å². The smallest absolute Gasteiger partial charge is 0.0483 e. The quantitative estimate of drug-likeness (QED) is 0.641. The number of rotatable bonds is 3. The molecule has 0 N–H and O–H groups in total. The first-order chi connectivity index (χ1) is 9.28. The second-order valence-corrected chi connectivity index (χ2v) is 5.12. The summed E-state index contributed by atoms with van der Waals surface area (Å²) in [5.41, 5.74) is 5.47. The molecule has 0 aliphatic carbocycles. The molecule has 0 aliphatic rings. The number of fused-ring (bicyclic) bond motifs is 1. The number of aryl methyl sites for hydroxylation is 2. The molecule has 0 spiro atoms. The first-order valence-corrected chi connectivity index (χ1v) is 6.90. The summed E-state index contributed by atoms with van der Waals surface area (Å²) in [4.78, 5) is 0. The average Bonchev–Trinajstić information content (AvgIpc) is 2.83. The molecule has 19 heavy (non-hydrogen) atoms. The number of hydrogen-bond donors (Lipinski definition) is 0. The van der Waals surface area contributed by atoms with Gasteiger partial charge in [-0.15, -0.1) is 0 Å². The van der Waals surface area contributed by atoms with Crippen LogP contribution in [-0.4, -0.2) is 4.57 Å². The third-order valence-electron chi connectivity index (χ3n) is 3.85. The predicted octanol–water partition coefficient (Wildman–Crippen LogP) is 4.56. The normalized spacial score (nSPS) is 11.1. The molecule has 0 radical (unpaired) electrons. The van der Waals surface area contributed by atoms with Crippen LogP contribution in [0.25, 0.3) is 10.9 Å². The van der Waals surface area contributed by atoms with Gasteiger partial charge in [-0.05, 0) is 53.6 Å². The van der Waals surface area contributed by atoms with Crippen molar-refractivity contribution < 1.29 is 0 Å². The minimum atomic E-state index is 0.946. The van der Waals surface area contributed by atoms with Gasteiger partial charge in [0.1, 0.15) is 0 Å². The van der Waals surface area contributed by atoms with Crippen LogP contribution in [-0.2, 0) is 13.0 Å². The van der Waals surface area contributed by atoms with E-state index in [1.165, 1.54) is 27.6 Å². The first-order valence-electron chi connectivity index (χ1n) is 6.90. The molecule has 0 saturated heterocycles. The van der Waals surface area contributed by atoms with E-state index in [1.54, 1.807) is 0 Å². The number of nitrogens with zero attached hydrogens (tertiary/aromatic N) is 1. The van der Waals surface area contributed by atoms with Crippen molar-refractivity contribution in [1.29, 1.82) is 0 Å². The Morgan fingerprint density at radius 1 is 1.00 bits per heavy atom. The minimum absolute atomic E-state index is 0.946. The first kappa shape index (κ1) is 12.0. The zero-order valence-corrected chi connectivity index (χ0v) is 11.6. The van der Waals surface area contributed by atoms with Crippen LogP contribution in [0, 0.1) is 6.92 Å². The Labute approximate surface area is 114 Å². The lowest BCUT2D eigenvalue weighted by Crippen LogP contribution is -1.99. The number of aromatic nitrogens is 1. The van der Waals surface area contributed by atoms with Gasteiger partial charge in [0.25, 0.3) is 0 Å². The third-order valence-corrected chi connectivity index (χ3v) is 3.85. The summed E-state index contributed by atoms with van der Waals surface area (Å²) >= 11 is 0. The zero-order chi connectivity index (χ0) is 13.2. The molecule has 0 fully saturated rings. The van der Waals surface area contributed by atoms with Crippen LogP contribution in [0.4, 0.5) is 0 Å². The summed E-state index contributed by atoms with van der Waals surface area (Å²) in [5.74, 6) is 0. The van der Waals surface area contributed by atoms with Crippen molar-refractivity contribution in [3.63, 3.8) is 0 Å². The van der Waals surface area contributed by atoms with E-state index in [2.05, 4.69) is 73.1 Å². The minimum Gasteiger partial charge on any atom is -0.343 e. The summed E-state index contributed by atoms with van der Waals surface area (Å²) in [6, 6.07) is 17.6. The van der Waals surface area contributed by atoms with Gasteiger partial charge in [-0.1, -0.05) is 37.3 Å². The molecule has 0 atom stereocenters. The predicted molar refractivity (Wildman–Crippen MR) is 81.6 cm³/mol. The van der Waals surface area contributed by atoms with Crippen molar-refractivity contribution in [2.24, 2.45) is 0 Å². The SMILES string of the molecule is CCc1ccc2c(ccn2Cc2ccccc2C)c1. The molecule has 0 unspecified atom stereocenters. The molecule has 1 heterocycles. The summed E-state index contributed by atoms with van der Waals surface area (Å²) in [6.07, 6.45) is 3.29. The Morgan fingerprint density at radius 3 is 2.63 bits per heavy atom. The molecule has 1 aromatic heterocycles. The second-order valence-electron chi connectivity index (χ2n) is 5.12. The number of benzene rings is 2. The fourth-order valence-electron chi connectivity index (χ4n) is 2.58. The van der Waals surface area contributed by atoms with Gasteiger partial charge in [0.05, 0.1) is 0 Å². The summed E-state index contributed by atoms with van der Waals surface area (Å²) < 4.78 is 2.33. The van der Waals surface area contributed by atoms with Crippen molar-refractivity contribution in [3.05, 3.63) is 71.4 Å². The highest BCUT2D eigenvalue weighted by molar-refractivity contribution is 5.81. The highest BCUT2D eigenvalue weighted by atomic mass is 14.9. The maximum atomic E-state index is 2.33. The zero-order valence-electron chi connectivity index (χ0n) is 11.6. The lowest BCUT2D eigenvalue weighted by molar-refractivity contribution is 0.830.